The molecule has 2 aromatic carbocycles. The molecule has 0 spiro atoms. The van der Waals surface area contributed by atoms with Crippen molar-refractivity contribution in [2.75, 3.05) is 35.2 Å². The van der Waals surface area contributed by atoms with Crippen molar-refractivity contribution in [1.82, 2.24) is 4.90 Å². The summed E-state index contributed by atoms with van der Waals surface area (Å²) in [5, 5.41) is 5.02. The molecule has 1 aliphatic rings. The summed E-state index contributed by atoms with van der Waals surface area (Å²) in [5.41, 5.74) is 0.607. The molecule has 2 N–H and O–H groups in total. The molecule has 0 aromatic heterocycles. The summed E-state index contributed by atoms with van der Waals surface area (Å²) in [4.78, 5) is 40.7. The van der Waals surface area contributed by atoms with Gasteiger partial charge < -0.3 is 15.5 Å². The van der Waals surface area contributed by atoms with Crippen molar-refractivity contribution in [2.24, 2.45) is 0 Å². The van der Waals surface area contributed by atoms with Crippen LogP contribution in [-0.4, -0.2) is 48.3 Å². The summed E-state index contributed by atoms with van der Waals surface area (Å²) in [7, 11) is 0. The predicted molar refractivity (Wildman–Crippen MR) is 114 cm³/mol. The number of nitrogens with zero attached hydrogens (tertiary/aromatic N) is 2. The number of rotatable bonds is 6. The van der Waals surface area contributed by atoms with E-state index in [0.717, 1.165) is 12.1 Å². The fourth-order valence-electron chi connectivity index (χ4n) is 3.51. The van der Waals surface area contributed by atoms with Crippen LogP contribution in [0.4, 0.5) is 25.8 Å². The van der Waals surface area contributed by atoms with Gasteiger partial charge in [-0.25, -0.2) is 8.78 Å². The molecule has 3 rings (SSSR count). The smallest absolute Gasteiger partial charge is 0.241 e. The first-order valence-corrected chi connectivity index (χ1v) is 9.97. The van der Waals surface area contributed by atoms with Crippen molar-refractivity contribution in [2.45, 2.75) is 26.3 Å². The molecule has 2 aromatic rings. The quantitative estimate of drug-likeness (QED) is 0.738. The molecular formula is C22H24F2N4O3. The minimum Gasteiger partial charge on any atom is -0.324 e. The van der Waals surface area contributed by atoms with Gasteiger partial charge in [-0.05, 0) is 37.7 Å². The van der Waals surface area contributed by atoms with Crippen LogP contribution in [0, 0.1) is 11.6 Å². The van der Waals surface area contributed by atoms with Crippen LogP contribution in [0.3, 0.4) is 0 Å². The van der Waals surface area contributed by atoms with Crippen LogP contribution in [0.25, 0.3) is 0 Å². The van der Waals surface area contributed by atoms with Gasteiger partial charge in [0.2, 0.25) is 17.7 Å². The lowest BCUT2D eigenvalue weighted by Crippen LogP contribution is -2.46. The van der Waals surface area contributed by atoms with Crippen molar-refractivity contribution < 1.29 is 23.2 Å². The number of benzene rings is 2. The highest BCUT2D eigenvalue weighted by Crippen LogP contribution is 2.31. The zero-order valence-electron chi connectivity index (χ0n) is 17.3. The lowest BCUT2D eigenvalue weighted by molar-refractivity contribution is -0.121. The maximum atomic E-state index is 13.8. The molecule has 164 valence electrons. The first-order chi connectivity index (χ1) is 14.8. The van der Waals surface area contributed by atoms with E-state index in [2.05, 4.69) is 10.6 Å². The fraction of sp³-hybridized carbons (Fsp3) is 0.318. The molecule has 7 nitrogen and oxygen atoms in total. The molecule has 0 radical (unpaired) electrons. The lowest BCUT2D eigenvalue weighted by Gasteiger charge is -2.30. The van der Waals surface area contributed by atoms with Gasteiger partial charge in [0.15, 0.2) is 0 Å². The average molecular weight is 430 g/mol. The Hall–Kier alpha value is -3.33. The third-order valence-electron chi connectivity index (χ3n) is 5.03. The molecule has 31 heavy (non-hydrogen) atoms. The fourth-order valence-corrected chi connectivity index (χ4v) is 3.51. The second-order valence-corrected chi connectivity index (χ2v) is 7.33. The van der Waals surface area contributed by atoms with Gasteiger partial charge in [-0.1, -0.05) is 25.1 Å². The maximum absolute atomic E-state index is 13.8. The summed E-state index contributed by atoms with van der Waals surface area (Å²) >= 11 is 0. The van der Waals surface area contributed by atoms with E-state index < -0.39 is 23.2 Å². The number of para-hydroxylation sites is 3. The number of fused-ring (bicyclic) bond motifs is 1. The monoisotopic (exact) mass is 430 g/mol. The van der Waals surface area contributed by atoms with Crippen LogP contribution in [-0.2, 0) is 14.4 Å². The standard InChI is InChI=1S/C22H24F2N4O3/c1-3-27(12-20(30)26-22-15(23)7-6-8-16(22)24)13-21(31)28-14(2)11-19(29)25-17-9-4-5-10-18(17)28/h4-10,14H,3,11-13H2,1-2H3,(H,25,29)(H,26,30)/t14-/m0/s1. The number of hydrogen-bond donors (Lipinski definition) is 2. The average Bonchev–Trinajstić information content (AvgIpc) is 2.84. The van der Waals surface area contributed by atoms with Gasteiger partial charge in [0.1, 0.15) is 17.3 Å². The van der Waals surface area contributed by atoms with Crippen molar-refractivity contribution in [1.29, 1.82) is 0 Å². The molecular weight excluding hydrogens is 406 g/mol. The van der Waals surface area contributed by atoms with Crippen LogP contribution in [0.15, 0.2) is 42.5 Å². The Morgan fingerprint density at radius 2 is 1.81 bits per heavy atom. The van der Waals surface area contributed by atoms with E-state index in [1.54, 1.807) is 47.9 Å². The highest BCUT2D eigenvalue weighted by Gasteiger charge is 2.30. The van der Waals surface area contributed by atoms with Gasteiger partial charge in [0.25, 0.3) is 0 Å². The number of hydrogen-bond acceptors (Lipinski definition) is 4. The molecule has 0 bridgehead atoms. The molecule has 0 aliphatic carbocycles. The zero-order chi connectivity index (χ0) is 22.5. The molecule has 0 saturated carbocycles. The van der Waals surface area contributed by atoms with E-state index in [4.69, 9.17) is 0 Å². The van der Waals surface area contributed by atoms with Crippen LogP contribution in [0.2, 0.25) is 0 Å². The number of halogens is 2. The molecule has 0 fully saturated rings. The second kappa shape index (κ2) is 9.65. The Balaban J connectivity index is 1.72. The molecule has 3 amide bonds. The minimum atomic E-state index is -0.875. The summed E-state index contributed by atoms with van der Waals surface area (Å²) < 4.78 is 27.5. The van der Waals surface area contributed by atoms with Gasteiger partial charge in [-0.15, -0.1) is 0 Å². The van der Waals surface area contributed by atoms with E-state index in [-0.39, 0.29) is 37.4 Å². The Labute approximate surface area is 179 Å². The maximum Gasteiger partial charge on any atom is 0.241 e. The summed E-state index contributed by atoms with van der Waals surface area (Å²) in [5.74, 6) is -2.86. The molecule has 1 aliphatic heterocycles. The molecule has 1 atom stereocenters. The van der Waals surface area contributed by atoms with Crippen molar-refractivity contribution in [3.63, 3.8) is 0 Å². The number of likely N-dealkylation sites (N-methyl/N-ethyl adjacent to an activating group) is 1. The van der Waals surface area contributed by atoms with Gasteiger partial charge in [0, 0.05) is 12.5 Å². The van der Waals surface area contributed by atoms with Crippen molar-refractivity contribution in [3.05, 3.63) is 54.1 Å². The van der Waals surface area contributed by atoms with E-state index in [1.165, 1.54) is 6.07 Å². The number of anilines is 3. The highest BCUT2D eigenvalue weighted by atomic mass is 19.1. The largest absolute Gasteiger partial charge is 0.324 e. The highest BCUT2D eigenvalue weighted by molar-refractivity contribution is 6.05. The van der Waals surface area contributed by atoms with Crippen LogP contribution in [0.1, 0.15) is 20.3 Å². The van der Waals surface area contributed by atoms with Gasteiger partial charge in [-0.3, -0.25) is 19.3 Å². The normalized spacial score (nSPS) is 15.8. The van der Waals surface area contributed by atoms with Crippen molar-refractivity contribution in [3.8, 4) is 0 Å². The Morgan fingerprint density at radius 3 is 2.48 bits per heavy atom. The molecule has 0 saturated heterocycles. The summed E-state index contributed by atoms with van der Waals surface area (Å²) in [6.45, 7) is 3.59. The molecule has 1 heterocycles. The summed E-state index contributed by atoms with van der Waals surface area (Å²) in [6.07, 6.45) is 0.138. The van der Waals surface area contributed by atoms with Crippen molar-refractivity contribution >= 4 is 34.8 Å². The Bertz CT molecular complexity index is 978. The first kappa shape index (κ1) is 22.4. The first-order valence-electron chi connectivity index (χ1n) is 9.97. The van der Waals surface area contributed by atoms with Crippen LogP contribution >= 0.6 is 0 Å². The topological polar surface area (TPSA) is 81.8 Å². The number of nitrogens with one attached hydrogen (secondary N) is 2. The third-order valence-corrected chi connectivity index (χ3v) is 5.03. The number of carbonyl (C=O) groups is 3. The Kier molecular flexibility index (Phi) is 6.96. The van der Waals surface area contributed by atoms with Crippen LogP contribution < -0.4 is 15.5 Å². The number of amides is 3. The minimum absolute atomic E-state index is 0.101. The number of carbonyl (C=O) groups excluding carboxylic acids is 3. The van der Waals surface area contributed by atoms with Gasteiger partial charge in [-0.2, -0.15) is 0 Å². The lowest BCUT2D eigenvalue weighted by atomic mass is 10.1. The Morgan fingerprint density at radius 1 is 1.13 bits per heavy atom. The second-order valence-electron chi connectivity index (χ2n) is 7.33. The van der Waals surface area contributed by atoms with Gasteiger partial charge in [0.05, 0.1) is 24.5 Å². The molecule has 0 unspecified atom stereocenters. The van der Waals surface area contributed by atoms with E-state index in [9.17, 15) is 23.2 Å². The van der Waals surface area contributed by atoms with Gasteiger partial charge >= 0.3 is 0 Å². The van der Waals surface area contributed by atoms with Crippen LogP contribution in [0.5, 0.6) is 0 Å². The van der Waals surface area contributed by atoms with E-state index >= 15 is 0 Å². The SMILES string of the molecule is CCN(CC(=O)Nc1c(F)cccc1F)CC(=O)N1c2ccccc2NC(=O)C[C@@H]1C. The predicted octanol–water partition coefficient (Wildman–Crippen LogP) is 2.99. The zero-order valence-corrected chi connectivity index (χ0v) is 17.3. The van der Waals surface area contributed by atoms with E-state index in [1.807, 2.05) is 0 Å². The molecule has 9 heteroatoms. The summed E-state index contributed by atoms with van der Waals surface area (Å²) in [6, 6.07) is 9.94. The van der Waals surface area contributed by atoms with E-state index in [0.29, 0.717) is 17.9 Å². The third kappa shape index (κ3) is 5.24.